The molecule has 0 unspecified atom stereocenters. The Balaban J connectivity index is 3.51. The van der Waals surface area contributed by atoms with Crippen LogP contribution in [0.25, 0.3) is 0 Å². The van der Waals surface area contributed by atoms with Crippen LogP contribution in [-0.4, -0.2) is 33.2 Å². The van der Waals surface area contributed by atoms with Crippen molar-refractivity contribution in [2.75, 3.05) is 0 Å². The minimum atomic E-state index is -2.30. The third kappa shape index (κ3) is 1.69. The summed E-state index contributed by atoms with van der Waals surface area (Å²) in [6.45, 7) is 0. The van der Waals surface area contributed by atoms with E-state index in [0.29, 0.717) is 6.21 Å². The van der Waals surface area contributed by atoms with Crippen molar-refractivity contribution < 1.29 is 24.6 Å². The lowest BCUT2D eigenvalue weighted by atomic mass is 9.82. The van der Waals surface area contributed by atoms with Crippen LogP contribution in [0.1, 0.15) is 5.56 Å². The second-order valence-electron chi connectivity index (χ2n) is 3.04. The van der Waals surface area contributed by atoms with E-state index in [-0.39, 0.29) is 5.56 Å². The SMILES string of the molecule is N=[N+]=CC(C(=O)O)(C(=O)O)c1ccccc1. The molecule has 0 fully saturated rings. The third-order valence-corrected chi connectivity index (χ3v) is 2.16. The number of nitrogens with one attached hydrogen (secondary N) is 1. The summed E-state index contributed by atoms with van der Waals surface area (Å²) in [6, 6.07) is 7.41. The predicted octanol–water partition coefficient (Wildman–Crippen LogP) is 0.404. The molecule has 0 radical (unpaired) electrons. The normalized spacial score (nSPS) is 10.2. The number of nitrogens with zero attached hydrogens (tertiary/aromatic N) is 1. The molecule has 0 spiro atoms. The van der Waals surface area contributed by atoms with E-state index in [1.165, 1.54) is 24.3 Å². The van der Waals surface area contributed by atoms with Crippen molar-refractivity contribution in [1.29, 1.82) is 5.53 Å². The van der Waals surface area contributed by atoms with Crippen molar-refractivity contribution in [2.45, 2.75) is 5.41 Å². The molecule has 0 atom stereocenters. The summed E-state index contributed by atoms with van der Waals surface area (Å²) < 4.78 is 0. The van der Waals surface area contributed by atoms with Gasteiger partial charge in [0.2, 0.25) is 0 Å². The summed E-state index contributed by atoms with van der Waals surface area (Å²) in [7, 11) is 0. The lowest BCUT2D eigenvalue weighted by Gasteiger charge is -2.15. The number of rotatable bonds is 4. The monoisotopic (exact) mass is 221 g/mol. The molecule has 0 heterocycles. The second-order valence-corrected chi connectivity index (χ2v) is 3.04. The van der Waals surface area contributed by atoms with Crippen LogP contribution in [-0.2, 0) is 15.0 Å². The van der Waals surface area contributed by atoms with E-state index in [4.69, 9.17) is 15.7 Å². The fourth-order valence-corrected chi connectivity index (χ4v) is 1.32. The summed E-state index contributed by atoms with van der Waals surface area (Å²) in [5.41, 5.74) is 4.38. The molecular weight excluding hydrogens is 212 g/mol. The standard InChI is InChI=1S/C10H8N2O4/c11-12-6-10(8(13)14,9(15)16)7-4-2-1-3-5-7/h1-6,11H,(H-,13,14,15,16)/p+1. The largest absolute Gasteiger partial charge is 0.480 e. The van der Waals surface area contributed by atoms with Crippen LogP contribution in [0.15, 0.2) is 30.3 Å². The van der Waals surface area contributed by atoms with Crippen molar-refractivity contribution in [2.24, 2.45) is 0 Å². The third-order valence-electron chi connectivity index (χ3n) is 2.16. The molecule has 16 heavy (non-hydrogen) atoms. The van der Waals surface area contributed by atoms with Crippen molar-refractivity contribution in [1.82, 2.24) is 0 Å². The number of hydrogen-bond donors (Lipinski definition) is 3. The maximum absolute atomic E-state index is 11.1. The van der Waals surface area contributed by atoms with Gasteiger partial charge in [-0.25, -0.2) is 9.59 Å². The van der Waals surface area contributed by atoms with Crippen LogP contribution in [0.5, 0.6) is 0 Å². The van der Waals surface area contributed by atoms with Gasteiger partial charge in [-0.15, -0.1) is 0 Å². The number of hydrogen-bond acceptors (Lipinski definition) is 3. The number of carbonyl (C=O) groups is 2. The second kappa shape index (κ2) is 4.37. The molecule has 0 amide bonds. The predicted molar refractivity (Wildman–Crippen MR) is 52.4 cm³/mol. The molecular formula is C10H9N2O4+. The highest BCUT2D eigenvalue weighted by Gasteiger charge is 2.52. The average molecular weight is 221 g/mol. The van der Waals surface area contributed by atoms with E-state index in [2.05, 4.69) is 4.79 Å². The number of carboxylic acid groups (broad SMARTS) is 2. The molecule has 1 rings (SSSR count). The molecule has 0 bridgehead atoms. The Morgan fingerprint density at radius 3 is 2.06 bits per heavy atom. The van der Waals surface area contributed by atoms with Crippen LogP contribution in [0.2, 0.25) is 0 Å². The summed E-state index contributed by atoms with van der Waals surface area (Å²) in [5, 5.41) is 18.0. The summed E-state index contributed by atoms with van der Waals surface area (Å²) >= 11 is 0. The quantitative estimate of drug-likeness (QED) is 0.295. The first-order valence-electron chi connectivity index (χ1n) is 4.29. The fraction of sp³-hybridized carbons (Fsp3) is 0.100. The number of benzene rings is 1. The Bertz CT molecular complexity index is 443. The van der Waals surface area contributed by atoms with Gasteiger partial charge in [-0.3, -0.25) is 0 Å². The highest BCUT2D eigenvalue weighted by Crippen LogP contribution is 2.22. The lowest BCUT2D eigenvalue weighted by molar-refractivity contribution is -0.158. The minimum absolute atomic E-state index is 0.0472. The fourth-order valence-electron chi connectivity index (χ4n) is 1.32. The Kier molecular flexibility index (Phi) is 3.17. The van der Waals surface area contributed by atoms with E-state index in [1.54, 1.807) is 6.07 Å². The molecule has 6 heteroatoms. The first kappa shape index (κ1) is 11.6. The van der Waals surface area contributed by atoms with Gasteiger partial charge in [-0.1, -0.05) is 30.3 Å². The average Bonchev–Trinajstić information content (AvgIpc) is 2.26. The summed E-state index contributed by atoms with van der Waals surface area (Å²) in [5.74, 6) is -3.16. The smallest absolute Gasteiger partial charge is 0.340 e. The van der Waals surface area contributed by atoms with Crippen molar-refractivity contribution in [3.8, 4) is 0 Å². The Labute approximate surface area is 90.4 Å². The molecule has 1 aromatic rings. The van der Waals surface area contributed by atoms with E-state index in [0.717, 1.165) is 0 Å². The number of carboxylic acids is 2. The van der Waals surface area contributed by atoms with Crippen molar-refractivity contribution in [3.63, 3.8) is 0 Å². The Hall–Kier alpha value is -2.46. The minimum Gasteiger partial charge on any atom is -0.480 e. The van der Waals surface area contributed by atoms with E-state index in [1.807, 2.05) is 0 Å². The zero-order valence-electron chi connectivity index (χ0n) is 8.12. The van der Waals surface area contributed by atoms with Crippen LogP contribution in [0.3, 0.4) is 0 Å². The molecule has 1 aromatic carbocycles. The maximum Gasteiger partial charge on any atom is 0.340 e. The van der Waals surface area contributed by atoms with Gasteiger partial charge in [0, 0.05) is 4.79 Å². The molecule has 82 valence electrons. The topological polar surface area (TPSA) is 113 Å². The Morgan fingerprint density at radius 2 is 1.69 bits per heavy atom. The van der Waals surface area contributed by atoms with E-state index in [9.17, 15) is 9.59 Å². The summed E-state index contributed by atoms with van der Waals surface area (Å²) in [4.78, 5) is 25.0. The van der Waals surface area contributed by atoms with E-state index < -0.39 is 17.4 Å². The van der Waals surface area contributed by atoms with Gasteiger partial charge in [0.25, 0.3) is 5.41 Å². The maximum atomic E-state index is 11.1. The number of aliphatic carboxylic acids is 2. The zero-order chi connectivity index (χ0) is 12.2. The molecule has 0 aliphatic rings. The van der Waals surface area contributed by atoms with Gasteiger partial charge in [-0.2, -0.15) is 0 Å². The molecule has 6 nitrogen and oxygen atoms in total. The van der Waals surface area contributed by atoms with Crippen LogP contribution in [0, 0.1) is 5.53 Å². The van der Waals surface area contributed by atoms with Gasteiger partial charge >= 0.3 is 18.2 Å². The van der Waals surface area contributed by atoms with Crippen LogP contribution >= 0.6 is 0 Å². The zero-order valence-corrected chi connectivity index (χ0v) is 8.12. The highest BCUT2D eigenvalue weighted by atomic mass is 16.4. The summed E-state index contributed by atoms with van der Waals surface area (Å²) in [6.07, 6.45) is 0.590. The molecule has 0 aromatic heterocycles. The van der Waals surface area contributed by atoms with Gasteiger partial charge in [0.05, 0.1) is 5.53 Å². The molecule has 3 N–H and O–H groups in total. The molecule has 0 aliphatic carbocycles. The van der Waals surface area contributed by atoms with Gasteiger partial charge < -0.3 is 10.2 Å². The van der Waals surface area contributed by atoms with Crippen molar-refractivity contribution >= 4 is 18.2 Å². The Morgan fingerprint density at radius 1 is 1.19 bits per heavy atom. The lowest BCUT2D eigenvalue weighted by Crippen LogP contribution is -2.45. The van der Waals surface area contributed by atoms with Crippen LogP contribution in [0.4, 0.5) is 0 Å². The van der Waals surface area contributed by atoms with E-state index >= 15 is 0 Å². The van der Waals surface area contributed by atoms with Gasteiger partial charge in [0.1, 0.15) is 0 Å². The van der Waals surface area contributed by atoms with Crippen molar-refractivity contribution in [3.05, 3.63) is 35.9 Å². The van der Waals surface area contributed by atoms with Gasteiger partial charge in [0.15, 0.2) is 0 Å². The molecule has 0 saturated heterocycles. The van der Waals surface area contributed by atoms with Gasteiger partial charge in [-0.05, 0) is 5.56 Å². The van der Waals surface area contributed by atoms with Crippen LogP contribution < -0.4 is 0 Å². The molecule has 0 saturated carbocycles. The first-order chi connectivity index (χ1) is 7.55. The first-order valence-corrected chi connectivity index (χ1v) is 4.29. The highest BCUT2D eigenvalue weighted by molar-refractivity contribution is 6.18. The molecule has 0 aliphatic heterocycles.